The van der Waals surface area contributed by atoms with E-state index in [9.17, 15) is 0 Å². The monoisotopic (exact) mass is 293 g/mol. The Morgan fingerprint density at radius 3 is 2.88 bits per heavy atom. The number of aromatic nitrogens is 2. The summed E-state index contributed by atoms with van der Waals surface area (Å²) in [5.74, 6) is 0. The van der Waals surface area contributed by atoms with Crippen LogP contribution in [-0.2, 0) is 7.05 Å². The van der Waals surface area contributed by atoms with Crippen LogP contribution in [0.3, 0.4) is 0 Å². The fraction of sp³-hybridized carbons (Fsp3) is 0.308. The third-order valence-electron chi connectivity index (χ3n) is 2.71. The van der Waals surface area contributed by atoms with Gasteiger partial charge in [0.15, 0.2) is 0 Å². The lowest BCUT2D eigenvalue weighted by Crippen LogP contribution is -2.09. The van der Waals surface area contributed by atoms with Crippen LogP contribution in [0.4, 0.5) is 5.69 Å². The quantitative estimate of drug-likeness (QED) is 0.930. The van der Waals surface area contributed by atoms with Crippen molar-refractivity contribution in [1.29, 1.82) is 0 Å². The molecule has 0 aliphatic carbocycles. The molecule has 0 spiro atoms. The second-order valence-corrected chi connectivity index (χ2v) is 4.98. The fourth-order valence-electron chi connectivity index (χ4n) is 1.84. The Bertz CT molecular complexity index is 493. The minimum Gasteiger partial charge on any atom is -0.376 e. The molecule has 0 amide bonds. The van der Waals surface area contributed by atoms with E-state index in [1.54, 1.807) is 4.68 Å². The van der Waals surface area contributed by atoms with E-state index in [1.807, 2.05) is 25.5 Å². The van der Waals surface area contributed by atoms with Crippen molar-refractivity contribution < 1.29 is 0 Å². The highest BCUT2D eigenvalue weighted by Crippen LogP contribution is 2.24. The summed E-state index contributed by atoms with van der Waals surface area (Å²) in [6, 6.07) is 8.71. The molecule has 1 aromatic heterocycles. The van der Waals surface area contributed by atoms with Crippen LogP contribution in [0.25, 0.3) is 0 Å². The molecule has 1 unspecified atom stereocenters. The lowest BCUT2D eigenvalue weighted by atomic mass is 10.0. The molecule has 0 radical (unpaired) electrons. The molecular weight excluding hydrogens is 278 g/mol. The Morgan fingerprint density at radius 2 is 2.29 bits per heavy atom. The molecule has 0 saturated carbocycles. The first kappa shape index (κ1) is 12.2. The van der Waals surface area contributed by atoms with Gasteiger partial charge in [0.2, 0.25) is 0 Å². The number of halogens is 1. The maximum atomic E-state index is 4.16. The van der Waals surface area contributed by atoms with E-state index < -0.39 is 0 Å². The lowest BCUT2D eigenvalue weighted by molar-refractivity contribution is 0.747. The summed E-state index contributed by atoms with van der Waals surface area (Å²) in [5, 5.41) is 7.65. The molecule has 2 aromatic rings. The molecule has 0 saturated heterocycles. The molecule has 4 heteroatoms. The molecule has 1 heterocycles. The summed E-state index contributed by atoms with van der Waals surface area (Å²) in [5.41, 5.74) is 2.34. The zero-order valence-corrected chi connectivity index (χ0v) is 11.6. The van der Waals surface area contributed by atoms with Crippen LogP contribution >= 0.6 is 15.9 Å². The highest BCUT2D eigenvalue weighted by molar-refractivity contribution is 9.10. The Kier molecular flexibility index (Phi) is 3.84. The molecule has 0 aliphatic heterocycles. The third kappa shape index (κ3) is 3.09. The van der Waals surface area contributed by atoms with Gasteiger partial charge in [-0.25, -0.2) is 0 Å². The summed E-state index contributed by atoms with van der Waals surface area (Å²) in [6.45, 7) is 2.18. The predicted molar refractivity (Wildman–Crippen MR) is 74.0 cm³/mol. The van der Waals surface area contributed by atoms with Crippen molar-refractivity contribution in [2.75, 3.05) is 5.32 Å². The predicted octanol–water partition coefficient (Wildman–Crippen LogP) is 3.75. The highest BCUT2D eigenvalue weighted by atomic mass is 79.9. The van der Waals surface area contributed by atoms with Gasteiger partial charge < -0.3 is 5.32 Å². The van der Waals surface area contributed by atoms with Crippen LogP contribution in [0.5, 0.6) is 0 Å². The maximum Gasteiger partial charge on any atom is 0.0731 e. The van der Waals surface area contributed by atoms with Crippen molar-refractivity contribution in [3.8, 4) is 0 Å². The van der Waals surface area contributed by atoms with E-state index in [-0.39, 0.29) is 0 Å². The van der Waals surface area contributed by atoms with E-state index in [2.05, 4.69) is 51.5 Å². The fourth-order valence-corrected chi connectivity index (χ4v) is 2.26. The molecule has 1 N–H and O–H groups in total. The van der Waals surface area contributed by atoms with Crippen LogP contribution in [0, 0.1) is 0 Å². The number of rotatable bonds is 4. The smallest absolute Gasteiger partial charge is 0.0731 e. The SMILES string of the molecule is CCC(Nc1cnn(C)c1)c1cccc(Br)c1. The largest absolute Gasteiger partial charge is 0.376 e. The van der Waals surface area contributed by atoms with Crippen molar-refractivity contribution in [3.05, 3.63) is 46.7 Å². The van der Waals surface area contributed by atoms with E-state index in [4.69, 9.17) is 0 Å². The van der Waals surface area contributed by atoms with Gasteiger partial charge in [-0.15, -0.1) is 0 Å². The number of nitrogens with zero attached hydrogens (tertiary/aromatic N) is 2. The molecule has 17 heavy (non-hydrogen) atoms. The Balaban J connectivity index is 2.16. The Hall–Kier alpha value is -1.29. The minimum atomic E-state index is 0.316. The van der Waals surface area contributed by atoms with Gasteiger partial charge in [-0.1, -0.05) is 35.0 Å². The van der Waals surface area contributed by atoms with E-state index in [1.165, 1.54) is 5.56 Å². The molecule has 0 bridgehead atoms. The Labute approximate surface area is 110 Å². The van der Waals surface area contributed by atoms with Gasteiger partial charge in [-0.05, 0) is 24.1 Å². The van der Waals surface area contributed by atoms with Gasteiger partial charge in [0.05, 0.1) is 17.9 Å². The van der Waals surface area contributed by atoms with Crippen LogP contribution in [0.15, 0.2) is 41.1 Å². The topological polar surface area (TPSA) is 29.9 Å². The zero-order valence-electron chi connectivity index (χ0n) is 10.0. The van der Waals surface area contributed by atoms with Gasteiger partial charge >= 0.3 is 0 Å². The second-order valence-electron chi connectivity index (χ2n) is 4.06. The number of benzene rings is 1. The average molecular weight is 294 g/mol. The van der Waals surface area contributed by atoms with Crippen LogP contribution in [-0.4, -0.2) is 9.78 Å². The average Bonchev–Trinajstić information content (AvgIpc) is 2.72. The first-order valence-electron chi connectivity index (χ1n) is 5.69. The van der Waals surface area contributed by atoms with Gasteiger partial charge in [0, 0.05) is 17.7 Å². The van der Waals surface area contributed by atoms with E-state index >= 15 is 0 Å². The summed E-state index contributed by atoms with van der Waals surface area (Å²) in [6.07, 6.45) is 4.87. The first-order chi connectivity index (χ1) is 8.19. The van der Waals surface area contributed by atoms with Gasteiger partial charge in [-0.3, -0.25) is 4.68 Å². The van der Waals surface area contributed by atoms with Crippen LogP contribution in [0.2, 0.25) is 0 Å². The van der Waals surface area contributed by atoms with Gasteiger partial charge in [-0.2, -0.15) is 5.10 Å². The number of hydrogen-bond donors (Lipinski definition) is 1. The highest BCUT2D eigenvalue weighted by Gasteiger charge is 2.09. The summed E-state index contributed by atoms with van der Waals surface area (Å²) >= 11 is 3.50. The Morgan fingerprint density at radius 1 is 1.47 bits per heavy atom. The normalized spacial score (nSPS) is 12.4. The molecule has 0 aliphatic rings. The second kappa shape index (κ2) is 5.36. The van der Waals surface area contributed by atoms with Crippen molar-refractivity contribution in [1.82, 2.24) is 9.78 Å². The van der Waals surface area contributed by atoms with E-state index in [0.29, 0.717) is 6.04 Å². The van der Waals surface area contributed by atoms with E-state index in [0.717, 1.165) is 16.6 Å². The van der Waals surface area contributed by atoms with Crippen molar-refractivity contribution in [3.63, 3.8) is 0 Å². The molecule has 1 atom stereocenters. The number of aryl methyl sites for hydroxylation is 1. The summed E-state index contributed by atoms with van der Waals surface area (Å²) in [7, 11) is 1.92. The number of nitrogens with one attached hydrogen (secondary N) is 1. The maximum absolute atomic E-state index is 4.16. The van der Waals surface area contributed by atoms with Crippen LogP contribution < -0.4 is 5.32 Å². The molecule has 1 aromatic carbocycles. The summed E-state index contributed by atoms with van der Waals surface area (Å²) in [4.78, 5) is 0. The molecule has 3 nitrogen and oxygen atoms in total. The number of anilines is 1. The number of hydrogen-bond acceptors (Lipinski definition) is 2. The molecule has 2 rings (SSSR count). The summed E-state index contributed by atoms with van der Waals surface area (Å²) < 4.78 is 2.91. The van der Waals surface area contributed by atoms with Crippen molar-refractivity contribution >= 4 is 21.6 Å². The standard InChI is InChI=1S/C13H16BrN3/c1-3-13(10-5-4-6-11(14)7-10)16-12-8-15-17(2)9-12/h4-9,13,16H,3H2,1-2H3. The molecule has 0 fully saturated rings. The van der Waals surface area contributed by atoms with Gasteiger partial charge in [0.1, 0.15) is 0 Å². The van der Waals surface area contributed by atoms with Crippen molar-refractivity contribution in [2.45, 2.75) is 19.4 Å². The zero-order chi connectivity index (χ0) is 12.3. The van der Waals surface area contributed by atoms with Gasteiger partial charge in [0.25, 0.3) is 0 Å². The first-order valence-corrected chi connectivity index (χ1v) is 6.49. The van der Waals surface area contributed by atoms with Crippen LogP contribution in [0.1, 0.15) is 24.9 Å². The molecule has 90 valence electrons. The lowest BCUT2D eigenvalue weighted by Gasteiger charge is -2.17. The third-order valence-corrected chi connectivity index (χ3v) is 3.20. The molecular formula is C13H16BrN3. The van der Waals surface area contributed by atoms with Crippen molar-refractivity contribution in [2.24, 2.45) is 7.05 Å². The minimum absolute atomic E-state index is 0.316.